The Labute approximate surface area is 184 Å². The molecular weight excluding hydrogens is 417 g/mol. The molecule has 1 aliphatic heterocycles. The topological polar surface area (TPSA) is 54.1 Å². The minimum absolute atomic E-state index is 0.0469. The van der Waals surface area contributed by atoms with E-state index in [9.17, 15) is 18.0 Å². The quantitative estimate of drug-likeness (QED) is 0.557. The summed E-state index contributed by atoms with van der Waals surface area (Å²) in [7, 11) is 0. The molecule has 2 fully saturated rings. The van der Waals surface area contributed by atoms with Gasteiger partial charge in [0.15, 0.2) is 0 Å². The number of hydrogen-bond donors (Lipinski definition) is 2. The second-order valence-electron chi connectivity index (χ2n) is 8.91. The van der Waals surface area contributed by atoms with Gasteiger partial charge < -0.3 is 15.0 Å². The summed E-state index contributed by atoms with van der Waals surface area (Å²) in [5, 5.41) is 3.48. The zero-order valence-corrected chi connectivity index (χ0v) is 17.6. The van der Waals surface area contributed by atoms with E-state index in [0.717, 1.165) is 43.9 Å². The molecule has 7 heteroatoms. The SMILES string of the molecule is O=C(NCC1CCCO1)C1CC(Cc2c(-c3ccc(F)cc3)[nH]c3c(F)cc(F)cc23)C1. The number of rotatable bonds is 6. The van der Waals surface area contributed by atoms with E-state index in [4.69, 9.17) is 4.74 Å². The highest BCUT2D eigenvalue weighted by Crippen LogP contribution is 2.41. The number of carbonyl (C=O) groups excluding carboxylic acids is 1. The molecule has 0 spiro atoms. The number of aromatic amines is 1. The number of H-pyrrole nitrogens is 1. The molecule has 2 N–H and O–H groups in total. The van der Waals surface area contributed by atoms with Gasteiger partial charge in [0, 0.05) is 36.2 Å². The van der Waals surface area contributed by atoms with Gasteiger partial charge in [-0.05, 0) is 79.5 Å². The minimum atomic E-state index is -0.658. The number of nitrogens with one attached hydrogen (secondary N) is 2. The molecule has 1 aromatic heterocycles. The van der Waals surface area contributed by atoms with E-state index in [2.05, 4.69) is 10.3 Å². The summed E-state index contributed by atoms with van der Waals surface area (Å²) in [5.41, 5.74) is 2.41. The van der Waals surface area contributed by atoms with E-state index in [1.807, 2.05) is 0 Å². The molecule has 0 bridgehead atoms. The molecule has 168 valence electrons. The Morgan fingerprint density at radius 3 is 2.59 bits per heavy atom. The molecule has 32 heavy (non-hydrogen) atoms. The lowest BCUT2D eigenvalue weighted by molar-refractivity contribution is -0.129. The van der Waals surface area contributed by atoms with Gasteiger partial charge in [-0.3, -0.25) is 4.79 Å². The smallest absolute Gasteiger partial charge is 0.223 e. The summed E-state index contributed by atoms with van der Waals surface area (Å²) in [6.07, 6.45) is 4.17. The monoisotopic (exact) mass is 442 g/mol. The third-order valence-corrected chi connectivity index (χ3v) is 6.69. The number of aromatic nitrogens is 1. The summed E-state index contributed by atoms with van der Waals surface area (Å²) in [5.74, 6) is -1.42. The first-order chi connectivity index (χ1) is 15.5. The van der Waals surface area contributed by atoms with Crippen LogP contribution in [0.5, 0.6) is 0 Å². The molecular formula is C25H25F3N2O2. The van der Waals surface area contributed by atoms with Gasteiger partial charge in [-0.2, -0.15) is 0 Å². The fraction of sp³-hybridized carbons (Fsp3) is 0.400. The highest BCUT2D eigenvalue weighted by Gasteiger charge is 2.35. The van der Waals surface area contributed by atoms with Crippen molar-refractivity contribution < 1.29 is 22.7 Å². The lowest BCUT2D eigenvalue weighted by Gasteiger charge is -2.34. The zero-order valence-electron chi connectivity index (χ0n) is 17.6. The van der Waals surface area contributed by atoms with Crippen molar-refractivity contribution in [3.63, 3.8) is 0 Å². The second kappa shape index (κ2) is 8.62. The summed E-state index contributed by atoms with van der Waals surface area (Å²) < 4.78 is 47.4. The number of carbonyl (C=O) groups is 1. The summed E-state index contributed by atoms with van der Waals surface area (Å²) in [6, 6.07) is 8.13. The fourth-order valence-corrected chi connectivity index (χ4v) is 4.92. The molecule has 1 aliphatic carbocycles. The van der Waals surface area contributed by atoms with E-state index in [-0.39, 0.29) is 35.2 Å². The number of amides is 1. The first-order valence-electron chi connectivity index (χ1n) is 11.1. The van der Waals surface area contributed by atoms with Crippen molar-refractivity contribution in [3.05, 3.63) is 59.4 Å². The van der Waals surface area contributed by atoms with Gasteiger partial charge in [-0.25, -0.2) is 13.2 Å². The van der Waals surface area contributed by atoms with E-state index >= 15 is 0 Å². The summed E-state index contributed by atoms with van der Waals surface area (Å²) in [6.45, 7) is 1.31. The highest BCUT2D eigenvalue weighted by atomic mass is 19.1. The third-order valence-electron chi connectivity index (χ3n) is 6.69. The third kappa shape index (κ3) is 4.13. The Morgan fingerprint density at radius 2 is 1.88 bits per heavy atom. The lowest BCUT2D eigenvalue weighted by Crippen LogP contribution is -2.42. The maximum absolute atomic E-state index is 14.4. The Hall–Kier alpha value is -2.80. The predicted octanol–water partition coefficient (Wildman–Crippen LogP) is 5.12. The van der Waals surface area contributed by atoms with Crippen LogP contribution in [0.1, 0.15) is 31.2 Å². The Bertz CT molecular complexity index is 1130. The normalized spacial score (nSPS) is 22.8. The van der Waals surface area contributed by atoms with Crippen molar-refractivity contribution in [1.29, 1.82) is 0 Å². The van der Waals surface area contributed by atoms with Crippen molar-refractivity contribution in [1.82, 2.24) is 10.3 Å². The van der Waals surface area contributed by atoms with Gasteiger partial charge in [0.2, 0.25) is 5.91 Å². The number of ether oxygens (including phenoxy) is 1. The molecule has 1 unspecified atom stereocenters. The predicted molar refractivity (Wildman–Crippen MR) is 116 cm³/mol. The van der Waals surface area contributed by atoms with E-state index < -0.39 is 11.6 Å². The molecule has 1 amide bonds. The van der Waals surface area contributed by atoms with Crippen LogP contribution in [0.25, 0.3) is 22.2 Å². The van der Waals surface area contributed by atoms with Crippen molar-refractivity contribution >= 4 is 16.8 Å². The highest BCUT2D eigenvalue weighted by molar-refractivity contribution is 5.91. The molecule has 2 aliphatic rings. The van der Waals surface area contributed by atoms with Crippen molar-refractivity contribution in [2.45, 2.75) is 38.2 Å². The van der Waals surface area contributed by atoms with Crippen LogP contribution in [0.3, 0.4) is 0 Å². The Balaban J connectivity index is 1.33. The zero-order chi connectivity index (χ0) is 22.2. The first-order valence-corrected chi connectivity index (χ1v) is 11.1. The number of benzene rings is 2. The van der Waals surface area contributed by atoms with Gasteiger partial charge >= 0.3 is 0 Å². The molecule has 2 aromatic carbocycles. The summed E-state index contributed by atoms with van der Waals surface area (Å²) in [4.78, 5) is 15.5. The average molecular weight is 442 g/mol. The fourth-order valence-electron chi connectivity index (χ4n) is 4.92. The minimum Gasteiger partial charge on any atom is -0.376 e. The van der Waals surface area contributed by atoms with Crippen molar-refractivity contribution in [2.75, 3.05) is 13.2 Å². The van der Waals surface area contributed by atoms with Crippen molar-refractivity contribution in [2.24, 2.45) is 11.8 Å². The number of hydrogen-bond acceptors (Lipinski definition) is 2. The Morgan fingerprint density at radius 1 is 1.09 bits per heavy atom. The van der Waals surface area contributed by atoms with Gasteiger partial charge in [-0.15, -0.1) is 0 Å². The van der Waals surface area contributed by atoms with Crippen LogP contribution in [0.2, 0.25) is 0 Å². The number of fused-ring (bicyclic) bond motifs is 1. The van der Waals surface area contributed by atoms with Crippen LogP contribution >= 0.6 is 0 Å². The molecule has 1 atom stereocenters. The molecule has 3 aromatic rings. The van der Waals surface area contributed by atoms with Gasteiger partial charge in [0.25, 0.3) is 0 Å². The maximum atomic E-state index is 14.4. The maximum Gasteiger partial charge on any atom is 0.223 e. The van der Waals surface area contributed by atoms with Crippen LogP contribution in [0.15, 0.2) is 36.4 Å². The second-order valence-corrected chi connectivity index (χ2v) is 8.91. The molecule has 4 nitrogen and oxygen atoms in total. The average Bonchev–Trinajstić information content (AvgIpc) is 3.37. The largest absolute Gasteiger partial charge is 0.376 e. The van der Waals surface area contributed by atoms with Gasteiger partial charge in [0.05, 0.1) is 11.6 Å². The first kappa shape index (κ1) is 21.1. The number of halogens is 3. The molecule has 5 rings (SSSR count). The standard InChI is InChI=1S/C25H25F3N2O2/c26-17-5-3-15(4-6-17)23-20(21-11-18(27)12-22(28)24(21)30-23)10-14-8-16(9-14)25(31)29-13-19-2-1-7-32-19/h3-6,11-12,14,16,19,30H,1-2,7-10,13H2,(H,29,31). The van der Waals surface area contributed by atoms with Crippen LogP contribution in [0.4, 0.5) is 13.2 Å². The van der Waals surface area contributed by atoms with Crippen LogP contribution in [-0.4, -0.2) is 30.1 Å². The van der Waals surface area contributed by atoms with Crippen LogP contribution < -0.4 is 5.32 Å². The van der Waals surface area contributed by atoms with E-state index in [1.165, 1.54) is 18.2 Å². The van der Waals surface area contributed by atoms with Gasteiger partial charge in [0.1, 0.15) is 17.5 Å². The van der Waals surface area contributed by atoms with E-state index in [1.54, 1.807) is 12.1 Å². The summed E-state index contributed by atoms with van der Waals surface area (Å²) >= 11 is 0. The molecule has 1 saturated carbocycles. The molecule has 0 radical (unpaired) electrons. The molecule has 2 heterocycles. The lowest BCUT2D eigenvalue weighted by atomic mass is 9.71. The molecule has 1 saturated heterocycles. The van der Waals surface area contributed by atoms with E-state index in [0.29, 0.717) is 29.6 Å². The van der Waals surface area contributed by atoms with Crippen molar-refractivity contribution in [3.8, 4) is 11.3 Å². The van der Waals surface area contributed by atoms with Crippen LogP contribution in [-0.2, 0) is 16.0 Å². The van der Waals surface area contributed by atoms with Gasteiger partial charge in [-0.1, -0.05) is 0 Å². The Kier molecular flexibility index (Phi) is 5.67. The van der Waals surface area contributed by atoms with Crippen LogP contribution in [0, 0.1) is 29.3 Å².